The maximum absolute atomic E-state index is 12.6. The normalized spacial score (nSPS) is 17.7. The van der Waals surface area contributed by atoms with Crippen molar-refractivity contribution in [3.05, 3.63) is 29.8 Å². The van der Waals surface area contributed by atoms with Gasteiger partial charge in [-0.3, -0.25) is 14.7 Å². The summed E-state index contributed by atoms with van der Waals surface area (Å²) in [4.78, 5) is 21.3. The first-order valence-electron chi connectivity index (χ1n) is 10.1. The van der Waals surface area contributed by atoms with Crippen molar-refractivity contribution >= 4 is 41.5 Å². The molecular formula is C21H34IN5O. The van der Waals surface area contributed by atoms with Crippen molar-refractivity contribution in [2.24, 2.45) is 4.99 Å². The van der Waals surface area contributed by atoms with Crippen molar-refractivity contribution in [1.29, 1.82) is 0 Å². The smallest absolute Gasteiger partial charge is 0.246 e. The standard InChI is InChI=1S/C21H33N5O.HI/c1-21(2,25-12-7-4-8-13-25)16-24-20(22-3)23-15-19(27)26-14-11-17-9-5-6-10-18(17)26;/h5-6,9-10H,4,7-8,11-16H2,1-3H3,(H2,22,23,24);1H. The van der Waals surface area contributed by atoms with Crippen molar-refractivity contribution in [1.82, 2.24) is 15.5 Å². The van der Waals surface area contributed by atoms with E-state index < -0.39 is 0 Å². The number of anilines is 1. The fourth-order valence-electron chi connectivity index (χ4n) is 3.98. The molecule has 1 aromatic carbocycles. The van der Waals surface area contributed by atoms with Crippen molar-refractivity contribution < 1.29 is 4.79 Å². The van der Waals surface area contributed by atoms with E-state index in [0.717, 1.165) is 38.3 Å². The molecule has 1 aromatic rings. The molecule has 156 valence electrons. The van der Waals surface area contributed by atoms with E-state index in [1.54, 1.807) is 7.05 Å². The first-order chi connectivity index (χ1) is 13.0. The molecule has 2 N–H and O–H groups in total. The van der Waals surface area contributed by atoms with Gasteiger partial charge in [-0.25, -0.2) is 0 Å². The summed E-state index contributed by atoms with van der Waals surface area (Å²) in [5, 5.41) is 6.58. The second kappa shape index (κ2) is 10.4. The Hall–Kier alpha value is -1.35. The average Bonchev–Trinajstić information content (AvgIpc) is 3.13. The van der Waals surface area contributed by atoms with Crippen molar-refractivity contribution in [3.8, 4) is 0 Å². The predicted molar refractivity (Wildman–Crippen MR) is 127 cm³/mol. The van der Waals surface area contributed by atoms with E-state index in [4.69, 9.17) is 0 Å². The van der Waals surface area contributed by atoms with Gasteiger partial charge in [0.15, 0.2) is 5.96 Å². The number of amides is 1. The number of carbonyl (C=O) groups excluding carboxylic acids is 1. The molecule has 1 saturated heterocycles. The molecule has 28 heavy (non-hydrogen) atoms. The molecule has 0 atom stereocenters. The average molecular weight is 499 g/mol. The number of benzene rings is 1. The highest BCUT2D eigenvalue weighted by atomic mass is 127. The number of carbonyl (C=O) groups is 1. The van der Waals surface area contributed by atoms with Crippen molar-refractivity contribution in [2.75, 3.05) is 44.7 Å². The first kappa shape index (κ1) is 22.9. The molecule has 0 radical (unpaired) electrons. The van der Waals surface area contributed by atoms with Gasteiger partial charge < -0.3 is 15.5 Å². The second-order valence-electron chi connectivity index (χ2n) is 8.06. The second-order valence-corrected chi connectivity index (χ2v) is 8.06. The number of piperidine rings is 1. The van der Waals surface area contributed by atoms with Gasteiger partial charge in [-0.15, -0.1) is 24.0 Å². The Morgan fingerprint density at radius 2 is 1.82 bits per heavy atom. The van der Waals surface area contributed by atoms with Gasteiger partial charge in [0.1, 0.15) is 0 Å². The summed E-state index contributed by atoms with van der Waals surface area (Å²) in [6.07, 6.45) is 4.83. The maximum atomic E-state index is 12.6. The number of hydrogen-bond donors (Lipinski definition) is 2. The van der Waals surface area contributed by atoms with Crippen LogP contribution < -0.4 is 15.5 Å². The summed E-state index contributed by atoms with van der Waals surface area (Å²) in [6.45, 7) is 8.66. The van der Waals surface area contributed by atoms with Crippen molar-refractivity contribution in [3.63, 3.8) is 0 Å². The van der Waals surface area contributed by atoms with E-state index in [-0.39, 0.29) is 42.0 Å². The van der Waals surface area contributed by atoms with Gasteiger partial charge in [0, 0.05) is 31.4 Å². The van der Waals surface area contributed by atoms with Crippen LogP contribution in [0.5, 0.6) is 0 Å². The van der Waals surface area contributed by atoms with Gasteiger partial charge in [0.25, 0.3) is 0 Å². The van der Waals surface area contributed by atoms with Crippen LogP contribution in [-0.2, 0) is 11.2 Å². The number of para-hydroxylation sites is 1. The summed E-state index contributed by atoms with van der Waals surface area (Å²) in [7, 11) is 1.75. The number of nitrogens with one attached hydrogen (secondary N) is 2. The van der Waals surface area contributed by atoms with E-state index >= 15 is 0 Å². The van der Waals surface area contributed by atoms with E-state index in [2.05, 4.69) is 40.4 Å². The largest absolute Gasteiger partial charge is 0.355 e. The minimum Gasteiger partial charge on any atom is -0.355 e. The zero-order valence-corrected chi connectivity index (χ0v) is 19.7. The summed E-state index contributed by atoms with van der Waals surface area (Å²) < 4.78 is 0. The van der Waals surface area contributed by atoms with Gasteiger partial charge in [-0.2, -0.15) is 0 Å². The Morgan fingerprint density at radius 1 is 1.11 bits per heavy atom. The topological polar surface area (TPSA) is 60.0 Å². The zero-order chi connectivity index (χ0) is 19.3. The number of rotatable bonds is 5. The van der Waals surface area contributed by atoms with Crippen LogP contribution in [0.3, 0.4) is 0 Å². The monoisotopic (exact) mass is 499 g/mol. The Labute approximate surface area is 186 Å². The number of hydrogen-bond acceptors (Lipinski definition) is 3. The molecule has 6 nitrogen and oxygen atoms in total. The molecule has 0 aromatic heterocycles. The molecule has 2 heterocycles. The molecule has 0 unspecified atom stereocenters. The number of likely N-dealkylation sites (tertiary alicyclic amines) is 1. The summed E-state index contributed by atoms with van der Waals surface area (Å²) in [5.41, 5.74) is 2.35. The molecule has 0 spiro atoms. The molecule has 0 saturated carbocycles. The Balaban J connectivity index is 0.00000280. The van der Waals surface area contributed by atoms with Crippen LogP contribution in [-0.4, -0.2) is 62.1 Å². The van der Waals surface area contributed by atoms with Gasteiger partial charge in [0.05, 0.1) is 6.54 Å². The van der Waals surface area contributed by atoms with E-state index in [1.807, 2.05) is 23.1 Å². The van der Waals surface area contributed by atoms with Gasteiger partial charge >= 0.3 is 0 Å². The van der Waals surface area contributed by atoms with Crippen LogP contribution in [0.2, 0.25) is 0 Å². The Morgan fingerprint density at radius 3 is 2.54 bits per heavy atom. The summed E-state index contributed by atoms with van der Waals surface area (Å²) in [6, 6.07) is 8.13. The predicted octanol–water partition coefficient (Wildman–Crippen LogP) is 2.62. The van der Waals surface area contributed by atoms with E-state index in [9.17, 15) is 4.79 Å². The number of fused-ring (bicyclic) bond motifs is 1. The lowest BCUT2D eigenvalue weighted by atomic mass is 9.98. The fourth-order valence-corrected chi connectivity index (χ4v) is 3.98. The lowest BCUT2D eigenvalue weighted by Gasteiger charge is -2.41. The summed E-state index contributed by atoms with van der Waals surface area (Å²) in [5.74, 6) is 0.763. The van der Waals surface area contributed by atoms with Crippen LogP contribution >= 0.6 is 24.0 Å². The Bertz CT molecular complexity index is 685. The molecule has 3 rings (SSSR count). The lowest BCUT2D eigenvalue weighted by molar-refractivity contribution is -0.117. The molecule has 2 aliphatic rings. The highest BCUT2D eigenvalue weighted by Gasteiger charge is 2.28. The van der Waals surface area contributed by atoms with E-state index in [1.165, 1.54) is 24.8 Å². The van der Waals surface area contributed by atoms with Crippen LogP contribution in [0.4, 0.5) is 5.69 Å². The number of guanidine groups is 1. The van der Waals surface area contributed by atoms with E-state index in [0.29, 0.717) is 5.96 Å². The Kier molecular flexibility index (Phi) is 8.55. The van der Waals surface area contributed by atoms with Crippen LogP contribution in [0.15, 0.2) is 29.3 Å². The fraction of sp³-hybridized carbons (Fsp3) is 0.619. The highest BCUT2D eigenvalue weighted by molar-refractivity contribution is 14.0. The third kappa shape index (κ3) is 5.59. The molecular weight excluding hydrogens is 465 g/mol. The third-order valence-electron chi connectivity index (χ3n) is 5.72. The number of aliphatic imine (C=N–C) groups is 1. The zero-order valence-electron chi connectivity index (χ0n) is 17.3. The van der Waals surface area contributed by atoms with Crippen LogP contribution in [0, 0.1) is 0 Å². The molecule has 7 heteroatoms. The van der Waals surface area contributed by atoms with Crippen LogP contribution in [0.1, 0.15) is 38.7 Å². The summed E-state index contributed by atoms with van der Waals surface area (Å²) >= 11 is 0. The van der Waals surface area contributed by atoms with Crippen LogP contribution in [0.25, 0.3) is 0 Å². The molecule has 2 aliphatic heterocycles. The van der Waals surface area contributed by atoms with Gasteiger partial charge in [0.2, 0.25) is 5.91 Å². The molecule has 1 fully saturated rings. The quantitative estimate of drug-likeness (QED) is 0.372. The molecule has 0 bridgehead atoms. The molecule has 1 amide bonds. The number of nitrogens with zero attached hydrogens (tertiary/aromatic N) is 3. The lowest BCUT2D eigenvalue weighted by Crippen LogP contribution is -2.55. The minimum absolute atomic E-state index is 0. The molecule has 0 aliphatic carbocycles. The van der Waals surface area contributed by atoms with Crippen molar-refractivity contribution in [2.45, 2.75) is 45.1 Å². The maximum Gasteiger partial charge on any atom is 0.246 e. The SMILES string of the molecule is CN=C(NCC(=O)N1CCc2ccccc21)NCC(C)(C)N1CCCCC1.I. The van der Waals surface area contributed by atoms with Gasteiger partial charge in [-0.1, -0.05) is 24.6 Å². The first-order valence-corrected chi connectivity index (χ1v) is 10.1. The van der Waals surface area contributed by atoms with Gasteiger partial charge in [-0.05, 0) is 57.8 Å². The minimum atomic E-state index is 0. The third-order valence-corrected chi connectivity index (χ3v) is 5.72. The highest BCUT2D eigenvalue weighted by Crippen LogP contribution is 2.27. The number of halogens is 1.